The molecule has 0 saturated heterocycles. The maximum absolute atomic E-state index is 13.9. The first-order chi connectivity index (χ1) is 9.61. The second-order valence-corrected chi connectivity index (χ2v) is 6.23. The van der Waals surface area contributed by atoms with Gasteiger partial charge in [0.2, 0.25) is 0 Å². The Morgan fingerprint density at radius 3 is 2.45 bits per heavy atom. The Balaban J connectivity index is 2.18. The van der Waals surface area contributed by atoms with Crippen LogP contribution in [-0.2, 0) is 6.42 Å². The standard InChI is InChI=1S/C17H17BrClF/c1-2-3-4-12-5-7-13(8-6-12)17(18)15-10-9-14(19)11-16(15)20/h5-11,17H,2-4H2,1H3. The number of unbranched alkanes of at least 4 members (excludes halogenated alkanes) is 1. The van der Waals surface area contributed by atoms with Crippen LogP contribution in [0.25, 0.3) is 0 Å². The molecule has 2 aromatic carbocycles. The maximum Gasteiger partial charge on any atom is 0.129 e. The smallest absolute Gasteiger partial charge is 0.129 e. The van der Waals surface area contributed by atoms with Crippen LogP contribution in [0.15, 0.2) is 42.5 Å². The third-order valence-electron chi connectivity index (χ3n) is 3.33. The van der Waals surface area contributed by atoms with E-state index in [1.807, 2.05) is 0 Å². The van der Waals surface area contributed by atoms with Crippen LogP contribution in [0.5, 0.6) is 0 Å². The van der Waals surface area contributed by atoms with E-state index in [2.05, 4.69) is 47.1 Å². The number of halogens is 3. The molecule has 0 radical (unpaired) electrons. The first-order valence-corrected chi connectivity index (χ1v) is 8.09. The molecule has 1 unspecified atom stereocenters. The van der Waals surface area contributed by atoms with Gasteiger partial charge in [0, 0.05) is 10.6 Å². The van der Waals surface area contributed by atoms with Gasteiger partial charge >= 0.3 is 0 Å². The Kier molecular flexibility index (Phi) is 5.62. The Hall–Kier alpha value is -0.860. The lowest BCUT2D eigenvalue weighted by molar-refractivity contribution is 0.613. The highest BCUT2D eigenvalue weighted by Crippen LogP contribution is 2.33. The second kappa shape index (κ2) is 7.24. The summed E-state index contributed by atoms with van der Waals surface area (Å²) in [5.74, 6) is -0.283. The van der Waals surface area contributed by atoms with E-state index in [4.69, 9.17) is 11.6 Å². The molecule has 0 amide bonds. The first-order valence-electron chi connectivity index (χ1n) is 6.79. The van der Waals surface area contributed by atoms with Crippen LogP contribution in [0.1, 0.15) is 41.3 Å². The third kappa shape index (κ3) is 3.83. The quantitative estimate of drug-likeness (QED) is 0.552. The molecule has 106 valence electrons. The Bertz CT molecular complexity index is 566. The zero-order valence-corrected chi connectivity index (χ0v) is 13.7. The summed E-state index contributed by atoms with van der Waals surface area (Å²) in [4.78, 5) is -0.153. The van der Waals surface area contributed by atoms with Crippen LogP contribution in [-0.4, -0.2) is 0 Å². The zero-order valence-electron chi connectivity index (χ0n) is 11.4. The van der Waals surface area contributed by atoms with E-state index in [-0.39, 0.29) is 10.6 Å². The third-order valence-corrected chi connectivity index (χ3v) is 4.58. The van der Waals surface area contributed by atoms with Crippen molar-refractivity contribution in [2.45, 2.75) is 31.0 Å². The van der Waals surface area contributed by atoms with Crippen molar-refractivity contribution >= 4 is 27.5 Å². The van der Waals surface area contributed by atoms with Gasteiger partial charge in [-0.15, -0.1) is 0 Å². The molecule has 0 saturated carbocycles. The van der Waals surface area contributed by atoms with Crippen molar-refractivity contribution in [3.8, 4) is 0 Å². The molecule has 0 aliphatic heterocycles. The predicted molar refractivity (Wildman–Crippen MR) is 87.2 cm³/mol. The van der Waals surface area contributed by atoms with Gasteiger partial charge in [0.1, 0.15) is 5.82 Å². The van der Waals surface area contributed by atoms with Gasteiger partial charge in [0.15, 0.2) is 0 Å². The maximum atomic E-state index is 13.9. The molecule has 0 spiro atoms. The van der Waals surface area contributed by atoms with Crippen LogP contribution in [0, 0.1) is 5.82 Å². The lowest BCUT2D eigenvalue weighted by Gasteiger charge is -2.12. The van der Waals surface area contributed by atoms with E-state index in [1.165, 1.54) is 24.5 Å². The molecule has 0 nitrogen and oxygen atoms in total. The molecule has 0 aromatic heterocycles. The fraction of sp³-hybridized carbons (Fsp3) is 0.294. The van der Waals surface area contributed by atoms with E-state index < -0.39 is 0 Å². The Morgan fingerprint density at radius 2 is 1.85 bits per heavy atom. The number of hydrogen-bond donors (Lipinski definition) is 0. The fourth-order valence-electron chi connectivity index (χ4n) is 2.12. The summed E-state index contributed by atoms with van der Waals surface area (Å²) in [6, 6.07) is 13.1. The second-order valence-electron chi connectivity index (χ2n) is 4.87. The molecule has 2 aromatic rings. The highest BCUT2D eigenvalue weighted by atomic mass is 79.9. The molecular weight excluding hydrogens is 339 g/mol. The average molecular weight is 356 g/mol. The molecule has 3 heteroatoms. The van der Waals surface area contributed by atoms with Crippen molar-refractivity contribution in [3.63, 3.8) is 0 Å². The molecule has 0 aliphatic carbocycles. The monoisotopic (exact) mass is 354 g/mol. The van der Waals surface area contributed by atoms with Crippen LogP contribution in [0.4, 0.5) is 4.39 Å². The molecular formula is C17H17BrClF. The molecule has 0 bridgehead atoms. The summed E-state index contributed by atoms with van der Waals surface area (Å²) < 4.78 is 13.9. The predicted octanol–water partition coefficient (Wildman–Crippen LogP) is 6.31. The summed E-state index contributed by atoms with van der Waals surface area (Å²) in [5.41, 5.74) is 2.98. The van der Waals surface area contributed by atoms with Crippen LogP contribution in [0.2, 0.25) is 5.02 Å². The van der Waals surface area contributed by atoms with Crippen molar-refractivity contribution < 1.29 is 4.39 Å². The minimum absolute atomic E-state index is 0.153. The average Bonchev–Trinajstić information content (AvgIpc) is 2.45. The number of hydrogen-bond acceptors (Lipinski definition) is 0. The number of aryl methyl sites for hydroxylation is 1. The summed E-state index contributed by atoms with van der Waals surface area (Å²) in [7, 11) is 0. The van der Waals surface area contributed by atoms with Crippen LogP contribution >= 0.6 is 27.5 Å². The van der Waals surface area contributed by atoms with Gasteiger partial charge in [-0.05, 0) is 36.1 Å². The van der Waals surface area contributed by atoms with Crippen molar-refractivity contribution in [1.29, 1.82) is 0 Å². The molecule has 0 heterocycles. The molecule has 20 heavy (non-hydrogen) atoms. The lowest BCUT2D eigenvalue weighted by Crippen LogP contribution is -1.97. The molecule has 2 rings (SSSR count). The minimum atomic E-state index is -0.283. The molecule has 1 atom stereocenters. The highest BCUT2D eigenvalue weighted by Gasteiger charge is 2.15. The van der Waals surface area contributed by atoms with Gasteiger partial charge in [-0.3, -0.25) is 0 Å². The van der Waals surface area contributed by atoms with E-state index in [9.17, 15) is 4.39 Å². The highest BCUT2D eigenvalue weighted by molar-refractivity contribution is 9.09. The van der Waals surface area contributed by atoms with Crippen molar-refractivity contribution in [2.24, 2.45) is 0 Å². The fourth-order valence-corrected chi connectivity index (χ4v) is 2.96. The largest absolute Gasteiger partial charge is 0.207 e. The van der Waals surface area contributed by atoms with Crippen molar-refractivity contribution in [1.82, 2.24) is 0 Å². The SMILES string of the molecule is CCCCc1ccc(C(Br)c2ccc(Cl)cc2F)cc1. The van der Waals surface area contributed by atoms with Gasteiger partial charge in [0.25, 0.3) is 0 Å². The van der Waals surface area contributed by atoms with Gasteiger partial charge < -0.3 is 0 Å². The van der Waals surface area contributed by atoms with Crippen molar-refractivity contribution in [2.75, 3.05) is 0 Å². The number of benzene rings is 2. The topological polar surface area (TPSA) is 0 Å². The van der Waals surface area contributed by atoms with Gasteiger partial charge in [0.05, 0.1) is 4.83 Å². The van der Waals surface area contributed by atoms with Gasteiger partial charge in [-0.1, -0.05) is 71.2 Å². The first kappa shape index (κ1) is 15.5. The number of rotatable bonds is 5. The summed E-state index contributed by atoms with van der Waals surface area (Å²) in [5, 5.41) is 0.417. The Labute approximate surface area is 133 Å². The zero-order chi connectivity index (χ0) is 14.5. The molecule has 0 N–H and O–H groups in total. The van der Waals surface area contributed by atoms with E-state index in [1.54, 1.807) is 12.1 Å². The minimum Gasteiger partial charge on any atom is -0.207 e. The van der Waals surface area contributed by atoms with Crippen LogP contribution < -0.4 is 0 Å². The van der Waals surface area contributed by atoms with Gasteiger partial charge in [-0.25, -0.2) is 4.39 Å². The summed E-state index contributed by atoms with van der Waals surface area (Å²) in [6.45, 7) is 2.19. The number of alkyl halides is 1. The summed E-state index contributed by atoms with van der Waals surface area (Å²) >= 11 is 9.35. The molecule has 0 fully saturated rings. The summed E-state index contributed by atoms with van der Waals surface area (Å²) in [6.07, 6.45) is 3.49. The van der Waals surface area contributed by atoms with E-state index >= 15 is 0 Å². The van der Waals surface area contributed by atoms with Crippen LogP contribution in [0.3, 0.4) is 0 Å². The van der Waals surface area contributed by atoms with Gasteiger partial charge in [-0.2, -0.15) is 0 Å². The normalized spacial score (nSPS) is 12.4. The van der Waals surface area contributed by atoms with E-state index in [0.717, 1.165) is 12.0 Å². The Morgan fingerprint density at radius 1 is 1.15 bits per heavy atom. The van der Waals surface area contributed by atoms with Crippen molar-refractivity contribution in [3.05, 3.63) is 70.0 Å². The lowest BCUT2D eigenvalue weighted by atomic mass is 10.0. The van der Waals surface area contributed by atoms with E-state index in [0.29, 0.717) is 10.6 Å². The molecule has 0 aliphatic rings.